The molecule has 3 aliphatic carbocycles. The molecule has 8 nitrogen and oxygen atoms in total. The minimum absolute atomic E-state index is 0.170. The molecule has 1 saturated carbocycles. The standard InChI is InChI=1S/C34H38F2N8/c35-24-5-3-4-23(18-24)27-20-30(39-32-22-8-6-21(7-9-22)31(27)32)44-33(37)40-34(41-44)38-25-10-11-29(28(36)19-25)43-16-12-26(13-17-43)42-14-1-2-15-42/h3-5,10-11,18-22,26H,1-2,6-9,12-17H2,(H3,37,38,40,41). The lowest BCUT2D eigenvalue weighted by Crippen LogP contribution is -2.44. The number of nitrogens with two attached hydrogens (primary N) is 1. The number of benzene rings is 2. The second kappa shape index (κ2) is 11.1. The number of pyridine rings is 1. The maximum atomic E-state index is 15.4. The predicted octanol–water partition coefficient (Wildman–Crippen LogP) is 6.75. The van der Waals surface area contributed by atoms with Gasteiger partial charge < -0.3 is 20.9 Å². The smallest absolute Gasteiger partial charge is 0.248 e. The van der Waals surface area contributed by atoms with E-state index in [9.17, 15) is 4.39 Å². The zero-order chi connectivity index (χ0) is 29.8. The first-order valence-corrected chi connectivity index (χ1v) is 16.1. The van der Waals surface area contributed by atoms with Crippen LogP contribution in [0.5, 0.6) is 0 Å². The molecule has 2 saturated heterocycles. The van der Waals surface area contributed by atoms with Gasteiger partial charge in [0, 0.05) is 30.7 Å². The molecule has 4 aromatic rings. The maximum Gasteiger partial charge on any atom is 0.248 e. The molecule has 0 radical (unpaired) electrons. The van der Waals surface area contributed by atoms with Gasteiger partial charge in [-0.25, -0.2) is 13.8 Å². The third-order valence-electron chi connectivity index (χ3n) is 10.2. The Morgan fingerprint density at radius 3 is 2.34 bits per heavy atom. The molecular formula is C34H38F2N8. The van der Waals surface area contributed by atoms with E-state index in [-0.39, 0.29) is 23.5 Å². The largest absolute Gasteiger partial charge is 0.369 e. The van der Waals surface area contributed by atoms with Crippen molar-refractivity contribution in [3.63, 3.8) is 0 Å². The van der Waals surface area contributed by atoms with E-state index in [1.807, 2.05) is 24.3 Å². The highest BCUT2D eigenvalue weighted by atomic mass is 19.1. The van der Waals surface area contributed by atoms with Crippen LogP contribution in [0, 0.1) is 11.6 Å². The quantitative estimate of drug-likeness (QED) is 0.255. The third-order valence-corrected chi connectivity index (χ3v) is 10.2. The fourth-order valence-electron chi connectivity index (χ4n) is 8.05. The number of aromatic nitrogens is 4. The number of anilines is 4. The van der Waals surface area contributed by atoms with Crippen molar-refractivity contribution >= 4 is 23.3 Å². The molecule has 3 fully saturated rings. The first kappa shape index (κ1) is 27.5. The van der Waals surface area contributed by atoms with Gasteiger partial charge in [-0.2, -0.15) is 9.67 Å². The lowest BCUT2D eigenvalue weighted by atomic mass is 9.67. The van der Waals surface area contributed by atoms with Gasteiger partial charge in [-0.15, -0.1) is 5.10 Å². The van der Waals surface area contributed by atoms with Crippen molar-refractivity contribution in [1.82, 2.24) is 24.6 Å². The van der Waals surface area contributed by atoms with E-state index in [4.69, 9.17) is 10.7 Å². The summed E-state index contributed by atoms with van der Waals surface area (Å²) in [5.41, 5.74) is 11.6. The van der Waals surface area contributed by atoms with E-state index in [0.717, 1.165) is 68.4 Å². The predicted molar refractivity (Wildman–Crippen MR) is 169 cm³/mol. The summed E-state index contributed by atoms with van der Waals surface area (Å²) in [6, 6.07) is 14.5. The van der Waals surface area contributed by atoms with Crippen molar-refractivity contribution in [3.05, 3.63) is 71.4 Å². The first-order valence-electron chi connectivity index (χ1n) is 16.1. The number of piperidine rings is 1. The van der Waals surface area contributed by atoms with Crippen LogP contribution >= 0.6 is 0 Å². The van der Waals surface area contributed by atoms with E-state index in [1.165, 1.54) is 48.3 Å². The molecule has 3 N–H and O–H groups in total. The zero-order valence-corrected chi connectivity index (χ0v) is 24.9. The highest BCUT2D eigenvalue weighted by molar-refractivity contribution is 5.72. The molecular weight excluding hydrogens is 558 g/mol. The molecule has 2 aliphatic heterocycles. The number of hydrogen-bond acceptors (Lipinski definition) is 7. The lowest BCUT2D eigenvalue weighted by Gasteiger charge is -2.39. The average molecular weight is 597 g/mol. The molecule has 9 rings (SSSR count). The summed E-state index contributed by atoms with van der Waals surface area (Å²) in [7, 11) is 0. The van der Waals surface area contributed by atoms with E-state index in [1.54, 1.807) is 12.1 Å². The van der Waals surface area contributed by atoms with Crippen LogP contribution in [0.15, 0.2) is 48.5 Å². The average Bonchev–Trinajstić information content (AvgIpc) is 3.71. The molecule has 2 bridgehead atoms. The van der Waals surface area contributed by atoms with Crippen LogP contribution in [-0.4, -0.2) is 56.9 Å². The van der Waals surface area contributed by atoms with Crippen molar-refractivity contribution in [1.29, 1.82) is 0 Å². The summed E-state index contributed by atoms with van der Waals surface area (Å²) >= 11 is 0. The second-order valence-corrected chi connectivity index (χ2v) is 12.8. The molecule has 0 spiro atoms. The fourth-order valence-corrected chi connectivity index (χ4v) is 8.05. The Labute approximate surface area is 256 Å². The van der Waals surface area contributed by atoms with Crippen molar-refractivity contribution in [2.45, 2.75) is 69.2 Å². The number of likely N-dealkylation sites (tertiary alicyclic amines) is 1. The second-order valence-electron chi connectivity index (χ2n) is 12.8. The van der Waals surface area contributed by atoms with E-state index < -0.39 is 0 Å². The Bertz CT molecular complexity index is 1680. The molecule has 2 aromatic carbocycles. The number of hydrogen-bond donors (Lipinski definition) is 2. The Kier molecular flexibility index (Phi) is 6.96. The zero-order valence-electron chi connectivity index (χ0n) is 24.9. The topological polar surface area (TPSA) is 88.1 Å². The summed E-state index contributed by atoms with van der Waals surface area (Å²) in [4.78, 5) is 14.2. The van der Waals surface area contributed by atoms with Gasteiger partial charge in [-0.3, -0.25) is 0 Å². The van der Waals surface area contributed by atoms with Crippen molar-refractivity contribution in [2.75, 3.05) is 42.1 Å². The first-order chi connectivity index (χ1) is 21.5. The van der Waals surface area contributed by atoms with Crippen molar-refractivity contribution in [3.8, 4) is 16.9 Å². The van der Waals surface area contributed by atoms with Gasteiger partial charge >= 0.3 is 0 Å². The molecule has 0 atom stereocenters. The summed E-state index contributed by atoms with van der Waals surface area (Å²) in [5.74, 6) is 1.23. The molecule has 0 unspecified atom stereocenters. The summed E-state index contributed by atoms with van der Waals surface area (Å²) in [6.45, 7) is 4.12. The van der Waals surface area contributed by atoms with Crippen LogP contribution in [0.4, 0.5) is 32.1 Å². The molecule has 0 amide bonds. The lowest BCUT2D eigenvalue weighted by molar-refractivity contribution is 0.207. The maximum absolute atomic E-state index is 15.4. The minimum atomic E-state index is -0.271. The van der Waals surface area contributed by atoms with Crippen LogP contribution in [-0.2, 0) is 0 Å². The number of nitrogens with one attached hydrogen (secondary N) is 1. The van der Waals surface area contributed by atoms with Gasteiger partial charge in [0.2, 0.25) is 11.9 Å². The minimum Gasteiger partial charge on any atom is -0.369 e. The van der Waals surface area contributed by atoms with Crippen LogP contribution in [0.3, 0.4) is 0 Å². The van der Waals surface area contributed by atoms with Crippen LogP contribution < -0.4 is 16.0 Å². The number of nitrogens with zero attached hydrogens (tertiary/aromatic N) is 6. The monoisotopic (exact) mass is 596 g/mol. The number of rotatable bonds is 6. The highest BCUT2D eigenvalue weighted by Gasteiger charge is 2.37. The third kappa shape index (κ3) is 4.99. The van der Waals surface area contributed by atoms with Crippen LogP contribution in [0.1, 0.15) is 74.5 Å². The fraction of sp³-hybridized carbons (Fsp3) is 0.441. The molecule has 5 aliphatic rings. The van der Waals surface area contributed by atoms with Crippen molar-refractivity contribution in [2.24, 2.45) is 0 Å². The van der Waals surface area contributed by atoms with E-state index >= 15 is 4.39 Å². The van der Waals surface area contributed by atoms with E-state index in [2.05, 4.69) is 25.2 Å². The van der Waals surface area contributed by atoms with E-state index in [0.29, 0.717) is 35.1 Å². The Hall–Kier alpha value is -4.05. The normalized spacial score (nSPS) is 22.0. The van der Waals surface area contributed by atoms with Gasteiger partial charge in [0.25, 0.3) is 0 Å². The molecule has 10 heteroatoms. The summed E-state index contributed by atoms with van der Waals surface area (Å²) < 4.78 is 31.2. The molecule has 2 aromatic heterocycles. The van der Waals surface area contributed by atoms with Gasteiger partial charge in [0.15, 0.2) is 5.82 Å². The SMILES string of the molecule is Nc1nc(Nc2ccc(N3CCC(N4CCCC4)CC3)c(F)c2)nn1-c1cc(-c2cccc(F)c2)c2c(n1)C1CCC2CC1. The molecule has 228 valence electrons. The summed E-state index contributed by atoms with van der Waals surface area (Å²) in [6.07, 6.45) is 9.20. The number of nitrogen functional groups attached to an aromatic ring is 1. The Morgan fingerprint density at radius 1 is 0.818 bits per heavy atom. The van der Waals surface area contributed by atoms with Gasteiger partial charge in [0.05, 0.1) is 11.4 Å². The van der Waals surface area contributed by atoms with Gasteiger partial charge in [-0.05, 0) is 123 Å². The number of fused-ring (bicyclic) bond motifs is 2. The number of halogens is 2. The Balaban J connectivity index is 1.04. The van der Waals surface area contributed by atoms with Crippen molar-refractivity contribution < 1.29 is 8.78 Å². The van der Waals surface area contributed by atoms with Crippen LogP contribution in [0.2, 0.25) is 0 Å². The molecule has 4 heterocycles. The van der Waals surface area contributed by atoms with Gasteiger partial charge in [0.1, 0.15) is 11.6 Å². The molecule has 44 heavy (non-hydrogen) atoms. The van der Waals surface area contributed by atoms with Gasteiger partial charge in [-0.1, -0.05) is 12.1 Å². The Morgan fingerprint density at radius 2 is 1.59 bits per heavy atom. The highest BCUT2D eigenvalue weighted by Crippen LogP contribution is 2.52. The van der Waals surface area contributed by atoms with Crippen LogP contribution in [0.25, 0.3) is 16.9 Å². The summed E-state index contributed by atoms with van der Waals surface area (Å²) in [5, 5.41) is 7.75.